The summed E-state index contributed by atoms with van der Waals surface area (Å²) < 4.78 is 20.1. The Morgan fingerprint density at radius 2 is 1.74 bits per heavy atom. The first-order valence-corrected chi connectivity index (χ1v) is 13.1. The van der Waals surface area contributed by atoms with Crippen LogP contribution in [0.25, 0.3) is 11.3 Å². The molecule has 1 saturated carbocycles. The van der Waals surface area contributed by atoms with Gasteiger partial charge in [-0.05, 0) is 61.0 Å². The fourth-order valence-corrected chi connectivity index (χ4v) is 6.40. The molecular weight excluding hydrogens is 528 g/mol. The summed E-state index contributed by atoms with van der Waals surface area (Å²) in [6.07, 6.45) is 2.01. The number of aromatic nitrogens is 1. The van der Waals surface area contributed by atoms with Gasteiger partial charge in [-0.3, -0.25) is 9.69 Å². The lowest BCUT2D eigenvalue weighted by Crippen LogP contribution is -2.75. The standard InChI is InChI=1S/C26H28N4O8S/c1-27-23(31)13-8-18(36-2)21(19(9-13)37-3)39-29-22-16-11-24(6-7-24)17-5-4-14(10-15(17)20(16)38-28-22)30-25(32,33)12-26(30,34)35/h4-5,8-10,32-35H,6-7,11-12H2,1-3H3,(H,27,31)(H,28,29). The molecule has 1 saturated heterocycles. The highest BCUT2D eigenvalue weighted by Gasteiger charge is 2.60. The largest absolute Gasteiger partial charge is 0.495 e. The van der Waals surface area contributed by atoms with Gasteiger partial charge in [0.15, 0.2) is 11.6 Å². The van der Waals surface area contributed by atoms with Crippen molar-refractivity contribution in [2.45, 2.75) is 47.8 Å². The van der Waals surface area contributed by atoms with Crippen molar-refractivity contribution < 1.29 is 39.2 Å². The van der Waals surface area contributed by atoms with Crippen LogP contribution in [0, 0.1) is 0 Å². The minimum atomic E-state index is -2.39. The minimum absolute atomic E-state index is 0.0992. The predicted molar refractivity (Wildman–Crippen MR) is 140 cm³/mol. The number of carbonyl (C=O) groups is 1. The molecule has 1 aromatic heterocycles. The number of benzene rings is 2. The van der Waals surface area contributed by atoms with E-state index in [1.165, 1.54) is 26.2 Å². The lowest BCUT2D eigenvalue weighted by atomic mass is 9.79. The van der Waals surface area contributed by atoms with Crippen LogP contribution in [0.3, 0.4) is 0 Å². The number of fused-ring (bicyclic) bond motifs is 4. The molecule has 0 unspecified atom stereocenters. The van der Waals surface area contributed by atoms with E-state index in [0.29, 0.717) is 45.5 Å². The van der Waals surface area contributed by atoms with Gasteiger partial charge in [0, 0.05) is 34.8 Å². The van der Waals surface area contributed by atoms with Crippen molar-refractivity contribution in [2.24, 2.45) is 0 Å². The smallest absolute Gasteiger partial charge is 0.258 e. The van der Waals surface area contributed by atoms with E-state index in [9.17, 15) is 25.2 Å². The number of rotatable bonds is 7. The molecule has 206 valence electrons. The molecule has 13 heteroatoms. The number of hydrogen-bond acceptors (Lipinski definition) is 12. The van der Waals surface area contributed by atoms with Crippen molar-refractivity contribution >= 4 is 29.4 Å². The molecule has 0 atom stereocenters. The predicted octanol–water partition coefficient (Wildman–Crippen LogP) is 1.91. The third-order valence-electron chi connectivity index (χ3n) is 7.62. The molecule has 3 aromatic rings. The van der Waals surface area contributed by atoms with Crippen LogP contribution in [-0.2, 0) is 11.8 Å². The van der Waals surface area contributed by atoms with Crippen LogP contribution in [0.2, 0.25) is 0 Å². The lowest BCUT2D eigenvalue weighted by Gasteiger charge is -2.54. The number of anilines is 2. The molecule has 6 N–H and O–H groups in total. The maximum Gasteiger partial charge on any atom is 0.258 e. The first-order valence-electron chi connectivity index (χ1n) is 12.3. The van der Waals surface area contributed by atoms with Gasteiger partial charge in [0.05, 0.1) is 20.6 Å². The zero-order chi connectivity index (χ0) is 27.7. The maximum absolute atomic E-state index is 12.2. The second kappa shape index (κ2) is 8.76. The Balaban J connectivity index is 1.34. The Kier molecular flexibility index (Phi) is 5.79. The molecule has 1 amide bonds. The number of aliphatic hydroxyl groups is 4. The van der Waals surface area contributed by atoms with Crippen molar-refractivity contribution in [1.82, 2.24) is 10.5 Å². The number of carbonyl (C=O) groups excluding carboxylic acids is 1. The minimum Gasteiger partial charge on any atom is -0.495 e. The Hall–Kier alpha value is -3.49. The fraction of sp³-hybridized carbons (Fsp3) is 0.385. The topological polar surface area (TPSA) is 170 Å². The van der Waals surface area contributed by atoms with Crippen LogP contribution < -0.4 is 24.4 Å². The van der Waals surface area contributed by atoms with Crippen molar-refractivity contribution in [3.05, 3.63) is 47.0 Å². The molecule has 1 aliphatic heterocycles. The molecule has 6 rings (SSSR count). The van der Waals surface area contributed by atoms with E-state index in [0.717, 1.165) is 28.9 Å². The molecule has 2 aromatic carbocycles. The highest BCUT2D eigenvalue weighted by Crippen LogP contribution is 2.59. The summed E-state index contributed by atoms with van der Waals surface area (Å²) in [7, 11) is 4.56. The van der Waals surface area contributed by atoms with E-state index in [1.54, 1.807) is 31.3 Å². The summed E-state index contributed by atoms with van der Waals surface area (Å²) >= 11 is 1.21. The Bertz CT molecular complexity index is 1440. The van der Waals surface area contributed by atoms with E-state index in [4.69, 9.17) is 14.0 Å². The average Bonchev–Trinajstić information content (AvgIpc) is 3.55. The number of nitrogens with zero attached hydrogens (tertiary/aromatic N) is 2. The zero-order valence-electron chi connectivity index (χ0n) is 21.4. The third kappa shape index (κ3) is 4.00. The number of methoxy groups -OCH3 is 2. The van der Waals surface area contributed by atoms with Gasteiger partial charge in [0.2, 0.25) is 0 Å². The number of hydrogen-bond donors (Lipinski definition) is 6. The molecule has 2 aliphatic carbocycles. The van der Waals surface area contributed by atoms with Gasteiger partial charge in [-0.1, -0.05) is 11.2 Å². The van der Waals surface area contributed by atoms with Gasteiger partial charge >= 0.3 is 0 Å². The summed E-state index contributed by atoms with van der Waals surface area (Å²) in [6.45, 7) is 0. The lowest BCUT2D eigenvalue weighted by molar-refractivity contribution is -0.351. The van der Waals surface area contributed by atoms with Crippen LogP contribution in [0.15, 0.2) is 39.8 Å². The van der Waals surface area contributed by atoms with Crippen LogP contribution in [0.1, 0.15) is 40.7 Å². The summed E-state index contributed by atoms with van der Waals surface area (Å²) in [5.41, 5.74) is 3.13. The highest BCUT2D eigenvalue weighted by atomic mass is 32.2. The Labute approximate surface area is 227 Å². The normalized spacial score (nSPS) is 19.0. The second-order valence-electron chi connectivity index (χ2n) is 10.1. The van der Waals surface area contributed by atoms with E-state index in [1.807, 2.05) is 6.07 Å². The summed E-state index contributed by atoms with van der Waals surface area (Å²) in [4.78, 5) is 13.5. The number of ether oxygens (including phenoxy) is 2. The van der Waals surface area contributed by atoms with E-state index >= 15 is 0 Å². The number of amides is 1. The quantitative estimate of drug-likeness (QED) is 0.185. The number of nitrogens with one attached hydrogen (secondary N) is 2. The summed E-state index contributed by atoms with van der Waals surface area (Å²) in [6, 6.07) is 8.44. The molecule has 2 heterocycles. The summed E-state index contributed by atoms with van der Waals surface area (Å²) in [5, 5.41) is 47.6. The molecule has 0 radical (unpaired) electrons. The van der Waals surface area contributed by atoms with Gasteiger partial charge in [-0.25, -0.2) is 0 Å². The molecule has 39 heavy (non-hydrogen) atoms. The first kappa shape index (κ1) is 25.8. The molecular formula is C26H28N4O8S. The van der Waals surface area contributed by atoms with Gasteiger partial charge in [-0.15, -0.1) is 0 Å². The van der Waals surface area contributed by atoms with Gasteiger partial charge in [0.25, 0.3) is 17.7 Å². The maximum atomic E-state index is 12.2. The first-order chi connectivity index (χ1) is 18.5. The van der Waals surface area contributed by atoms with Crippen molar-refractivity contribution in [3.8, 4) is 22.8 Å². The van der Waals surface area contributed by atoms with Crippen molar-refractivity contribution in [2.75, 3.05) is 30.9 Å². The van der Waals surface area contributed by atoms with E-state index in [2.05, 4.69) is 15.2 Å². The average molecular weight is 557 g/mol. The molecule has 0 bridgehead atoms. The second-order valence-corrected chi connectivity index (χ2v) is 10.9. The monoisotopic (exact) mass is 556 g/mol. The zero-order valence-corrected chi connectivity index (χ0v) is 22.3. The van der Waals surface area contributed by atoms with E-state index in [-0.39, 0.29) is 17.0 Å². The van der Waals surface area contributed by atoms with Gasteiger partial charge < -0.3 is 44.5 Å². The van der Waals surface area contributed by atoms with Crippen molar-refractivity contribution in [1.29, 1.82) is 0 Å². The van der Waals surface area contributed by atoms with E-state index < -0.39 is 18.2 Å². The van der Waals surface area contributed by atoms with Gasteiger partial charge in [-0.2, -0.15) is 0 Å². The molecule has 3 aliphatic rings. The molecule has 2 fully saturated rings. The van der Waals surface area contributed by atoms with Crippen LogP contribution in [0.5, 0.6) is 11.5 Å². The Morgan fingerprint density at radius 3 is 2.31 bits per heavy atom. The fourth-order valence-electron chi connectivity index (χ4n) is 5.56. The summed E-state index contributed by atoms with van der Waals surface area (Å²) in [5.74, 6) is -3.13. The third-order valence-corrected chi connectivity index (χ3v) is 8.53. The van der Waals surface area contributed by atoms with Crippen LogP contribution >= 0.6 is 11.9 Å². The molecule has 1 spiro atoms. The SMILES string of the molecule is CNC(=O)c1cc(OC)c(SNc2noc3c2CC2(CC2)c2ccc(N4C(O)(O)CC4(O)O)cc2-3)c(OC)c1. The van der Waals surface area contributed by atoms with Crippen molar-refractivity contribution in [3.63, 3.8) is 0 Å². The van der Waals surface area contributed by atoms with Gasteiger partial charge in [0.1, 0.15) is 16.4 Å². The van der Waals surface area contributed by atoms with Crippen LogP contribution in [-0.4, -0.2) is 64.6 Å². The highest BCUT2D eigenvalue weighted by molar-refractivity contribution is 8.00. The Morgan fingerprint density at radius 1 is 1.08 bits per heavy atom. The molecule has 12 nitrogen and oxygen atoms in total. The van der Waals surface area contributed by atoms with Crippen LogP contribution in [0.4, 0.5) is 11.5 Å².